The van der Waals surface area contributed by atoms with Gasteiger partial charge in [0.2, 0.25) is 0 Å². The van der Waals surface area contributed by atoms with Gasteiger partial charge in [-0.05, 0) is 37.6 Å². The molecule has 1 aliphatic rings. The van der Waals surface area contributed by atoms with E-state index in [2.05, 4.69) is 32.3 Å². The summed E-state index contributed by atoms with van der Waals surface area (Å²) in [7, 11) is 0. The van der Waals surface area contributed by atoms with E-state index in [4.69, 9.17) is 4.99 Å². The number of pyridine rings is 1. The first-order valence-electron chi connectivity index (χ1n) is 10.9. The second-order valence-corrected chi connectivity index (χ2v) is 7.39. The molecule has 2 heterocycles. The molecule has 0 bridgehead atoms. The van der Waals surface area contributed by atoms with Crippen LogP contribution in [0, 0.1) is 5.82 Å². The third-order valence-corrected chi connectivity index (χ3v) is 5.21. The number of hydrogen-bond donors (Lipinski definition) is 2. The van der Waals surface area contributed by atoms with Crippen molar-refractivity contribution in [2.75, 3.05) is 57.3 Å². The Morgan fingerprint density at radius 2 is 1.84 bits per heavy atom. The van der Waals surface area contributed by atoms with Crippen LogP contribution in [0.2, 0.25) is 0 Å². The Hall–Kier alpha value is -1.94. The molecule has 6 nitrogen and oxygen atoms in total. The minimum absolute atomic E-state index is 0. The average Bonchev–Trinajstić information content (AvgIpc) is 2.78. The predicted molar refractivity (Wildman–Crippen MR) is 137 cm³/mol. The molecule has 0 amide bonds. The number of benzene rings is 1. The fourth-order valence-electron chi connectivity index (χ4n) is 3.60. The largest absolute Gasteiger partial charge is 0.367 e. The van der Waals surface area contributed by atoms with Crippen LogP contribution in [-0.4, -0.2) is 68.2 Å². The van der Waals surface area contributed by atoms with Crippen LogP contribution in [0.4, 0.5) is 10.1 Å². The van der Waals surface area contributed by atoms with Gasteiger partial charge in [-0.2, -0.15) is 0 Å². The molecule has 0 spiro atoms. The monoisotopic (exact) mass is 540 g/mol. The number of aliphatic imine (C=N–C) groups is 1. The van der Waals surface area contributed by atoms with E-state index in [0.29, 0.717) is 5.69 Å². The van der Waals surface area contributed by atoms with E-state index in [1.165, 1.54) is 6.07 Å². The number of nitrogens with one attached hydrogen (secondary N) is 2. The zero-order chi connectivity index (χ0) is 21.0. The smallest absolute Gasteiger partial charge is 0.191 e. The molecule has 2 N–H and O–H groups in total. The van der Waals surface area contributed by atoms with Gasteiger partial charge < -0.3 is 15.5 Å². The SMILES string of the molecule is CCNC(=NCCCN1CCN(c2ccccc2F)CC1)NCCc1ccccn1.I. The van der Waals surface area contributed by atoms with Crippen LogP contribution >= 0.6 is 24.0 Å². The molecular weight excluding hydrogens is 506 g/mol. The summed E-state index contributed by atoms with van der Waals surface area (Å²) in [6.45, 7) is 9.17. The number of hydrogen-bond acceptors (Lipinski definition) is 4. The van der Waals surface area contributed by atoms with Crippen molar-refractivity contribution >= 4 is 35.6 Å². The first-order valence-corrected chi connectivity index (χ1v) is 10.9. The van der Waals surface area contributed by atoms with Crippen molar-refractivity contribution in [3.8, 4) is 0 Å². The summed E-state index contributed by atoms with van der Waals surface area (Å²) < 4.78 is 14.0. The van der Waals surface area contributed by atoms with E-state index in [-0.39, 0.29) is 29.8 Å². The number of rotatable bonds is 9. The van der Waals surface area contributed by atoms with E-state index in [9.17, 15) is 4.39 Å². The molecule has 2 aromatic rings. The summed E-state index contributed by atoms with van der Waals surface area (Å²) in [4.78, 5) is 13.6. The van der Waals surface area contributed by atoms with Gasteiger partial charge in [0.05, 0.1) is 5.69 Å². The molecule has 0 radical (unpaired) electrons. The first-order chi connectivity index (χ1) is 14.8. The van der Waals surface area contributed by atoms with Gasteiger partial charge in [0.25, 0.3) is 0 Å². The number of para-hydroxylation sites is 1. The highest BCUT2D eigenvalue weighted by atomic mass is 127. The molecule has 1 aliphatic heterocycles. The normalized spacial score (nSPS) is 14.8. The highest BCUT2D eigenvalue weighted by Gasteiger charge is 2.18. The lowest BCUT2D eigenvalue weighted by molar-refractivity contribution is 0.256. The summed E-state index contributed by atoms with van der Waals surface area (Å²) in [5.74, 6) is 0.726. The Kier molecular flexibility index (Phi) is 11.6. The third kappa shape index (κ3) is 8.60. The van der Waals surface area contributed by atoms with Gasteiger partial charge >= 0.3 is 0 Å². The van der Waals surface area contributed by atoms with E-state index in [1.807, 2.05) is 36.5 Å². The van der Waals surface area contributed by atoms with Gasteiger partial charge in [-0.25, -0.2) is 4.39 Å². The Bertz CT molecular complexity index is 781. The fraction of sp³-hybridized carbons (Fsp3) is 0.478. The molecule has 0 saturated carbocycles. The van der Waals surface area contributed by atoms with Crippen molar-refractivity contribution in [2.24, 2.45) is 4.99 Å². The van der Waals surface area contributed by atoms with Gasteiger partial charge in [-0.15, -0.1) is 24.0 Å². The Balaban J connectivity index is 0.00000341. The molecule has 1 saturated heterocycles. The molecule has 0 unspecified atom stereocenters. The van der Waals surface area contributed by atoms with E-state index < -0.39 is 0 Å². The maximum absolute atomic E-state index is 14.0. The topological polar surface area (TPSA) is 55.8 Å². The average molecular weight is 540 g/mol. The number of piperazine rings is 1. The van der Waals surface area contributed by atoms with Crippen LogP contribution in [-0.2, 0) is 6.42 Å². The summed E-state index contributed by atoms with van der Waals surface area (Å²) in [6.07, 6.45) is 3.71. The van der Waals surface area contributed by atoms with Crippen LogP contribution in [0.1, 0.15) is 19.0 Å². The minimum atomic E-state index is -0.133. The van der Waals surface area contributed by atoms with Crippen molar-refractivity contribution < 1.29 is 4.39 Å². The zero-order valence-corrected chi connectivity index (χ0v) is 20.6. The van der Waals surface area contributed by atoms with E-state index in [1.54, 1.807) is 6.07 Å². The Labute approximate surface area is 202 Å². The molecule has 1 aromatic heterocycles. The van der Waals surface area contributed by atoms with Crippen molar-refractivity contribution in [2.45, 2.75) is 19.8 Å². The highest BCUT2D eigenvalue weighted by molar-refractivity contribution is 14.0. The molecule has 3 rings (SSSR count). The maximum Gasteiger partial charge on any atom is 0.191 e. The lowest BCUT2D eigenvalue weighted by Crippen LogP contribution is -2.47. The van der Waals surface area contributed by atoms with Crippen LogP contribution in [0.3, 0.4) is 0 Å². The van der Waals surface area contributed by atoms with Crippen LogP contribution < -0.4 is 15.5 Å². The lowest BCUT2D eigenvalue weighted by Gasteiger charge is -2.36. The molecule has 31 heavy (non-hydrogen) atoms. The maximum atomic E-state index is 14.0. The standard InChI is InChI=1S/C23H33FN6.HI/c1-2-25-23(28-14-11-20-8-5-6-12-26-20)27-13-7-15-29-16-18-30(19-17-29)22-10-4-3-9-21(22)24;/h3-6,8-10,12H,2,7,11,13-19H2,1H3,(H2,25,27,28);1H. The van der Waals surface area contributed by atoms with Gasteiger partial charge in [0.15, 0.2) is 5.96 Å². The van der Waals surface area contributed by atoms with Crippen molar-refractivity contribution in [1.29, 1.82) is 0 Å². The number of guanidine groups is 1. The number of anilines is 1. The van der Waals surface area contributed by atoms with Crippen LogP contribution in [0.25, 0.3) is 0 Å². The number of nitrogens with zero attached hydrogens (tertiary/aromatic N) is 4. The van der Waals surface area contributed by atoms with E-state index in [0.717, 1.165) is 76.9 Å². The first kappa shape index (κ1) is 25.3. The Morgan fingerprint density at radius 3 is 2.55 bits per heavy atom. The summed E-state index contributed by atoms with van der Waals surface area (Å²) >= 11 is 0. The molecule has 0 atom stereocenters. The van der Waals surface area contributed by atoms with Crippen molar-refractivity contribution in [3.63, 3.8) is 0 Å². The minimum Gasteiger partial charge on any atom is -0.367 e. The number of halogens is 2. The molecule has 170 valence electrons. The van der Waals surface area contributed by atoms with E-state index >= 15 is 0 Å². The zero-order valence-electron chi connectivity index (χ0n) is 18.3. The van der Waals surface area contributed by atoms with Crippen molar-refractivity contribution in [3.05, 3.63) is 60.2 Å². The predicted octanol–water partition coefficient (Wildman–Crippen LogP) is 3.15. The molecule has 8 heteroatoms. The van der Waals surface area contributed by atoms with Crippen molar-refractivity contribution in [1.82, 2.24) is 20.5 Å². The van der Waals surface area contributed by atoms with Crippen LogP contribution in [0.5, 0.6) is 0 Å². The number of aromatic nitrogens is 1. The highest BCUT2D eigenvalue weighted by Crippen LogP contribution is 2.20. The molecular formula is C23H34FIN6. The second kappa shape index (κ2) is 14.2. The molecule has 1 fully saturated rings. The molecule has 0 aliphatic carbocycles. The molecule has 1 aromatic carbocycles. The van der Waals surface area contributed by atoms with Crippen LogP contribution in [0.15, 0.2) is 53.7 Å². The third-order valence-electron chi connectivity index (χ3n) is 5.21. The summed E-state index contributed by atoms with van der Waals surface area (Å²) in [5, 5.41) is 6.68. The fourth-order valence-corrected chi connectivity index (χ4v) is 3.60. The Morgan fingerprint density at radius 1 is 1.06 bits per heavy atom. The van der Waals surface area contributed by atoms with Gasteiger partial charge in [0, 0.05) is 70.7 Å². The summed E-state index contributed by atoms with van der Waals surface area (Å²) in [6, 6.07) is 13.0. The van der Waals surface area contributed by atoms with Gasteiger partial charge in [-0.3, -0.25) is 14.9 Å². The quantitative estimate of drug-likeness (QED) is 0.222. The van der Waals surface area contributed by atoms with Gasteiger partial charge in [0.1, 0.15) is 5.82 Å². The lowest BCUT2D eigenvalue weighted by atomic mass is 10.2. The van der Waals surface area contributed by atoms with Gasteiger partial charge in [-0.1, -0.05) is 18.2 Å². The summed E-state index contributed by atoms with van der Waals surface area (Å²) in [5.41, 5.74) is 1.80. The second-order valence-electron chi connectivity index (χ2n) is 7.39.